The van der Waals surface area contributed by atoms with Crippen molar-refractivity contribution in [2.24, 2.45) is 0 Å². The molecular weight excluding hydrogens is 242 g/mol. The van der Waals surface area contributed by atoms with Crippen LogP contribution in [0.4, 0.5) is 5.82 Å². The van der Waals surface area contributed by atoms with E-state index in [0.29, 0.717) is 5.89 Å². The number of aryl methyl sites for hydroxylation is 1. The molecule has 2 aromatic heterocycles. The zero-order valence-corrected chi connectivity index (χ0v) is 11.0. The number of aromatic nitrogens is 3. The van der Waals surface area contributed by atoms with Gasteiger partial charge in [-0.25, -0.2) is 4.98 Å². The number of nitrogens with zero attached hydrogens (tertiary/aromatic N) is 4. The van der Waals surface area contributed by atoms with Gasteiger partial charge in [0.1, 0.15) is 5.82 Å². The average Bonchev–Trinajstić information content (AvgIpc) is 2.97. The van der Waals surface area contributed by atoms with Crippen molar-refractivity contribution in [3.8, 4) is 11.5 Å². The topological polar surface area (TPSA) is 67.1 Å². The molecule has 0 aromatic carbocycles. The fraction of sp³-hybridized carbons (Fsp3) is 0.462. The summed E-state index contributed by atoms with van der Waals surface area (Å²) in [5.74, 6) is 2.21. The van der Waals surface area contributed by atoms with E-state index >= 15 is 0 Å². The number of rotatable bonds is 3. The monoisotopic (exact) mass is 259 g/mol. The van der Waals surface area contributed by atoms with Crippen LogP contribution in [0.3, 0.4) is 0 Å². The first-order valence-corrected chi connectivity index (χ1v) is 6.62. The third-order valence-electron chi connectivity index (χ3n) is 3.22. The molecule has 3 heterocycles. The highest BCUT2D eigenvalue weighted by Gasteiger charge is 2.19. The van der Waals surface area contributed by atoms with E-state index in [1.54, 1.807) is 6.20 Å². The molecule has 100 valence electrons. The van der Waals surface area contributed by atoms with E-state index in [1.807, 2.05) is 19.1 Å². The molecule has 0 saturated carbocycles. The number of pyridine rings is 1. The Morgan fingerprint density at radius 2 is 2.21 bits per heavy atom. The molecule has 19 heavy (non-hydrogen) atoms. The van der Waals surface area contributed by atoms with Crippen LogP contribution in [0.25, 0.3) is 11.5 Å². The molecule has 0 atom stereocenters. The van der Waals surface area contributed by atoms with Crippen LogP contribution in [0.2, 0.25) is 0 Å². The quantitative estimate of drug-likeness (QED) is 0.890. The molecule has 0 unspecified atom stereocenters. The van der Waals surface area contributed by atoms with Gasteiger partial charge in [-0.05, 0) is 12.1 Å². The SMILES string of the molecule is CCc1noc(-c2cccnc2N2CCNCC2)n1. The molecular formula is C13H17N5O. The maximum atomic E-state index is 5.33. The molecule has 0 amide bonds. The van der Waals surface area contributed by atoms with E-state index in [0.717, 1.165) is 49.8 Å². The Hall–Kier alpha value is -1.95. The smallest absolute Gasteiger partial charge is 0.261 e. The summed E-state index contributed by atoms with van der Waals surface area (Å²) in [6.07, 6.45) is 2.57. The van der Waals surface area contributed by atoms with Crippen molar-refractivity contribution in [2.75, 3.05) is 31.1 Å². The number of piperazine rings is 1. The van der Waals surface area contributed by atoms with Gasteiger partial charge in [-0.15, -0.1) is 0 Å². The highest BCUT2D eigenvalue weighted by molar-refractivity contribution is 5.69. The van der Waals surface area contributed by atoms with E-state index in [4.69, 9.17) is 4.52 Å². The van der Waals surface area contributed by atoms with E-state index < -0.39 is 0 Å². The Bertz CT molecular complexity index is 547. The highest BCUT2D eigenvalue weighted by Crippen LogP contribution is 2.27. The van der Waals surface area contributed by atoms with Crippen LogP contribution >= 0.6 is 0 Å². The molecule has 3 rings (SSSR count). The second kappa shape index (κ2) is 5.36. The lowest BCUT2D eigenvalue weighted by Gasteiger charge is -2.29. The summed E-state index contributed by atoms with van der Waals surface area (Å²) >= 11 is 0. The van der Waals surface area contributed by atoms with E-state index in [1.165, 1.54) is 0 Å². The predicted molar refractivity (Wildman–Crippen MR) is 72.0 cm³/mol. The summed E-state index contributed by atoms with van der Waals surface area (Å²) in [4.78, 5) is 11.1. The van der Waals surface area contributed by atoms with Gasteiger partial charge in [-0.1, -0.05) is 12.1 Å². The van der Waals surface area contributed by atoms with Crippen molar-refractivity contribution >= 4 is 5.82 Å². The molecule has 1 aliphatic heterocycles. The van der Waals surface area contributed by atoms with Crippen molar-refractivity contribution in [2.45, 2.75) is 13.3 Å². The van der Waals surface area contributed by atoms with E-state index in [-0.39, 0.29) is 0 Å². The largest absolute Gasteiger partial charge is 0.353 e. The Kier molecular flexibility index (Phi) is 3.41. The first-order valence-electron chi connectivity index (χ1n) is 6.62. The minimum absolute atomic E-state index is 0.554. The molecule has 2 aromatic rings. The van der Waals surface area contributed by atoms with E-state index in [9.17, 15) is 0 Å². The molecule has 1 saturated heterocycles. The van der Waals surface area contributed by atoms with Crippen molar-refractivity contribution in [1.82, 2.24) is 20.4 Å². The van der Waals surface area contributed by atoms with Crippen LogP contribution in [0, 0.1) is 0 Å². The number of hydrogen-bond acceptors (Lipinski definition) is 6. The Labute approximate surface area is 111 Å². The fourth-order valence-electron chi connectivity index (χ4n) is 2.20. The van der Waals surface area contributed by atoms with Gasteiger partial charge >= 0.3 is 0 Å². The molecule has 1 fully saturated rings. The first-order chi connectivity index (χ1) is 9.38. The molecule has 0 bridgehead atoms. The van der Waals surface area contributed by atoms with Crippen LogP contribution in [0.1, 0.15) is 12.7 Å². The first kappa shape index (κ1) is 12.1. The van der Waals surface area contributed by atoms with E-state index in [2.05, 4.69) is 25.3 Å². The normalized spacial score (nSPS) is 15.7. The molecule has 6 nitrogen and oxygen atoms in total. The van der Waals surface area contributed by atoms with Crippen LogP contribution in [-0.2, 0) is 6.42 Å². The lowest BCUT2D eigenvalue weighted by molar-refractivity contribution is 0.423. The number of nitrogens with one attached hydrogen (secondary N) is 1. The van der Waals surface area contributed by atoms with Crippen molar-refractivity contribution in [1.29, 1.82) is 0 Å². The summed E-state index contributed by atoms with van der Waals surface area (Å²) in [6, 6.07) is 3.88. The molecule has 6 heteroatoms. The molecule has 0 radical (unpaired) electrons. The van der Waals surface area contributed by atoms with Crippen molar-refractivity contribution in [3.05, 3.63) is 24.2 Å². The zero-order chi connectivity index (χ0) is 13.1. The Morgan fingerprint density at radius 1 is 1.37 bits per heavy atom. The lowest BCUT2D eigenvalue weighted by Crippen LogP contribution is -2.44. The maximum Gasteiger partial charge on any atom is 0.261 e. The average molecular weight is 259 g/mol. The summed E-state index contributed by atoms with van der Waals surface area (Å²) < 4.78 is 5.33. The highest BCUT2D eigenvalue weighted by atomic mass is 16.5. The minimum atomic E-state index is 0.554. The Morgan fingerprint density at radius 3 is 2.95 bits per heavy atom. The standard InChI is InChI=1S/C13H17N5O/c1-2-11-16-13(19-17-11)10-4-3-5-15-12(10)18-8-6-14-7-9-18/h3-5,14H,2,6-9H2,1H3. The van der Waals surface area contributed by atoms with Gasteiger partial charge < -0.3 is 14.7 Å². The third kappa shape index (κ3) is 2.44. The molecule has 0 aliphatic carbocycles. The summed E-state index contributed by atoms with van der Waals surface area (Å²) in [5.41, 5.74) is 0.914. The number of anilines is 1. The number of hydrogen-bond donors (Lipinski definition) is 1. The molecule has 1 N–H and O–H groups in total. The zero-order valence-electron chi connectivity index (χ0n) is 11.0. The summed E-state index contributed by atoms with van der Waals surface area (Å²) in [7, 11) is 0. The maximum absolute atomic E-state index is 5.33. The lowest BCUT2D eigenvalue weighted by atomic mass is 10.2. The summed E-state index contributed by atoms with van der Waals surface area (Å²) in [6.45, 7) is 5.84. The van der Waals surface area contributed by atoms with Gasteiger partial charge in [0.2, 0.25) is 0 Å². The van der Waals surface area contributed by atoms with Gasteiger partial charge in [0.25, 0.3) is 5.89 Å². The second-order valence-corrected chi connectivity index (χ2v) is 4.48. The van der Waals surface area contributed by atoms with Crippen LogP contribution in [0.5, 0.6) is 0 Å². The third-order valence-corrected chi connectivity index (χ3v) is 3.22. The van der Waals surface area contributed by atoms with Crippen LogP contribution in [0.15, 0.2) is 22.9 Å². The summed E-state index contributed by atoms with van der Waals surface area (Å²) in [5, 5.41) is 7.29. The minimum Gasteiger partial charge on any atom is -0.353 e. The second-order valence-electron chi connectivity index (χ2n) is 4.48. The van der Waals surface area contributed by atoms with Crippen LogP contribution < -0.4 is 10.2 Å². The molecule has 0 spiro atoms. The van der Waals surface area contributed by atoms with Gasteiger partial charge in [-0.3, -0.25) is 0 Å². The Balaban J connectivity index is 1.96. The van der Waals surface area contributed by atoms with Crippen LogP contribution in [-0.4, -0.2) is 41.3 Å². The fourth-order valence-corrected chi connectivity index (χ4v) is 2.20. The van der Waals surface area contributed by atoms with Gasteiger partial charge in [-0.2, -0.15) is 4.98 Å². The van der Waals surface area contributed by atoms with Crippen molar-refractivity contribution in [3.63, 3.8) is 0 Å². The molecule has 1 aliphatic rings. The van der Waals surface area contributed by atoms with Crippen molar-refractivity contribution < 1.29 is 4.52 Å². The van der Waals surface area contributed by atoms with Gasteiger partial charge in [0.05, 0.1) is 5.56 Å². The van der Waals surface area contributed by atoms with Gasteiger partial charge in [0.15, 0.2) is 5.82 Å². The van der Waals surface area contributed by atoms with Gasteiger partial charge in [0, 0.05) is 38.8 Å². The predicted octanol–water partition coefficient (Wildman–Crippen LogP) is 1.10.